The Morgan fingerprint density at radius 2 is 1.82 bits per heavy atom. The maximum Gasteiger partial charge on any atom is 0.153 e. The lowest BCUT2D eigenvalue weighted by atomic mass is 9.75. The lowest BCUT2D eigenvalue weighted by Gasteiger charge is -2.29. The van der Waals surface area contributed by atoms with Crippen LogP contribution in [0.2, 0.25) is 0 Å². The van der Waals surface area contributed by atoms with Gasteiger partial charge in [-0.25, -0.2) is 0 Å². The number of carbonyl (C=O) groups is 1. The zero-order valence-corrected chi connectivity index (χ0v) is 12.6. The van der Waals surface area contributed by atoms with E-state index in [2.05, 4.69) is 6.07 Å². The number of methoxy groups -OCH3 is 1. The normalized spacial score (nSPS) is 21.7. The largest absolute Gasteiger partial charge is 0.507 e. The van der Waals surface area contributed by atoms with Gasteiger partial charge in [-0.2, -0.15) is 0 Å². The van der Waals surface area contributed by atoms with Crippen molar-refractivity contribution in [1.29, 1.82) is 0 Å². The SMILES string of the molecule is COc1cccc2c1[C@@]1(CC2)CCc2ccc(C=O)c(O)c21. The fourth-order valence-corrected chi connectivity index (χ4v) is 4.43. The molecule has 1 spiro atoms. The van der Waals surface area contributed by atoms with E-state index in [0.29, 0.717) is 5.56 Å². The van der Waals surface area contributed by atoms with E-state index in [1.807, 2.05) is 18.2 Å². The summed E-state index contributed by atoms with van der Waals surface area (Å²) in [4.78, 5) is 11.2. The third kappa shape index (κ3) is 1.54. The minimum Gasteiger partial charge on any atom is -0.507 e. The average Bonchev–Trinajstić information content (AvgIpc) is 3.11. The van der Waals surface area contributed by atoms with Gasteiger partial charge in [0.15, 0.2) is 6.29 Å². The van der Waals surface area contributed by atoms with Crippen LogP contribution >= 0.6 is 0 Å². The maximum atomic E-state index is 11.2. The second-order valence-corrected chi connectivity index (χ2v) is 6.23. The van der Waals surface area contributed by atoms with E-state index in [-0.39, 0.29) is 11.2 Å². The maximum absolute atomic E-state index is 11.2. The van der Waals surface area contributed by atoms with Crippen molar-refractivity contribution in [3.05, 3.63) is 58.1 Å². The number of hydrogen-bond acceptors (Lipinski definition) is 3. The molecule has 0 saturated carbocycles. The van der Waals surface area contributed by atoms with Crippen molar-refractivity contribution < 1.29 is 14.6 Å². The smallest absolute Gasteiger partial charge is 0.153 e. The molecule has 3 nitrogen and oxygen atoms in total. The fraction of sp³-hybridized carbons (Fsp3) is 0.316. The summed E-state index contributed by atoms with van der Waals surface area (Å²) < 4.78 is 5.60. The number of phenolic OH excluding ortho intramolecular Hbond substituents is 1. The molecule has 2 aromatic carbocycles. The fourth-order valence-electron chi connectivity index (χ4n) is 4.43. The van der Waals surface area contributed by atoms with Gasteiger partial charge in [0.1, 0.15) is 11.5 Å². The molecule has 0 fully saturated rings. The highest BCUT2D eigenvalue weighted by atomic mass is 16.5. The molecule has 2 aliphatic carbocycles. The highest BCUT2D eigenvalue weighted by Crippen LogP contribution is 2.57. The molecule has 0 bridgehead atoms. The molecule has 0 radical (unpaired) electrons. The third-order valence-electron chi connectivity index (χ3n) is 5.35. The summed E-state index contributed by atoms with van der Waals surface area (Å²) >= 11 is 0. The highest BCUT2D eigenvalue weighted by Gasteiger charge is 2.48. The van der Waals surface area contributed by atoms with Crippen LogP contribution in [-0.4, -0.2) is 18.5 Å². The first kappa shape index (κ1) is 13.4. The Labute approximate surface area is 129 Å². The van der Waals surface area contributed by atoms with Crippen molar-refractivity contribution in [2.45, 2.75) is 31.1 Å². The van der Waals surface area contributed by atoms with Gasteiger partial charge in [-0.1, -0.05) is 18.2 Å². The summed E-state index contributed by atoms with van der Waals surface area (Å²) in [5.74, 6) is 1.04. The van der Waals surface area contributed by atoms with Crippen LogP contribution in [0.4, 0.5) is 0 Å². The molecule has 4 rings (SSSR count). The molecule has 0 aliphatic heterocycles. The van der Waals surface area contributed by atoms with E-state index >= 15 is 0 Å². The van der Waals surface area contributed by atoms with Gasteiger partial charge >= 0.3 is 0 Å². The van der Waals surface area contributed by atoms with Crippen LogP contribution in [-0.2, 0) is 18.3 Å². The van der Waals surface area contributed by atoms with Crippen molar-refractivity contribution in [3.8, 4) is 11.5 Å². The van der Waals surface area contributed by atoms with Crippen molar-refractivity contribution in [2.24, 2.45) is 0 Å². The molecular weight excluding hydrogens is 276 g/mol. The van der Waals surface area contributed by atoms with Crippen molar-refractivity contribution >= 4 is 6.29 Å². The summed E-state index contributed by atoms with van der Waals surface area (Å²) in [6.45, 7) is 0. The lowest BCUT2D eigenvalue weighted by molar-refractivity contribution is 0.112. The van der Waals surface area contributed by atoms with Crippen LogP contribution in [0.3, 0.4) is 0 Å². The number of benzene rings is 2. The van der Waals surface area contributed by atoms with Crippen LogP contribution in [0, 0.1) is 0 Å². The van der Waals surface area contributed by atoms with E-state index in [1.54, 1.807) is 13.2 Å². The van der Waals surface area contributed by atoms with E-state index in [4.69, 9.17) is 4.74 Å². The molecule has 1 N–H and O–H groups in total. The van der Waals surface area contributed by atoms with Gasteiger partial charge in [0.2, 0.25) is 0 Å². The third-order valence-corrected chi connectivity index (χ3v) is 5.35. The summed E-state index contributed by atoms with van der Waals surface area (Å²) in [6, 6.07) is 9.86. The number of hydrogen-bond donors (Lipinski definition) is 1. The molecule has 22 heavy (non-hydrogen) atoms. The van der Waals surface area contributed by atoms with Gasteiger partial charge in [-0.05, 0) is 48.9 Å². The molecule has 3 heteroatoms. The van der Waals surface area contributed by atoms with Gasteiger partial charge in [-0.3, -0.25) is 4.79 Å². The van der Waals surface area contributed by atoms with Crippen LogP contribution in [0.1, 0.15) is 45.5 Å². The van der Waals surface area contributed by atoms with Crippen LogP contribution in [0.5, 0.6) is 11.5 Å². The molecule has 0 heterocycles. The topological polar surface area (TPSA) is 46.5 Å². The Morgan fingerprint density at radius 3 is 2.50 bits per heavy atom. The van der Waals surface area contributed by atoms with E-state index in [0.717, 1.165) is 48.8 Å². The van der Waals surface area contributed by atoms with Gasteiger partial charge in [0, 0.05) is 16.5 Å². The number of ether oxygens (including phenoxy) is 1. The molecular formula is C19H18O3. The van der Waals surface area contributed by atoms with Gasteiger partial charge in [0.05, 0.1) is 12.7 Å². The minimum absolute atomic E-state index is 0.156. The Bertz CT molecular complexity index is 774. The van der Waals surface area contributed by atoms with E-state index < -0.39 is 0 Å². The molecule has 0 amide bonds. The lowest BCUT2D eigenvalue weighted by Crippen LogP contribution is -2.22. The van der Waals surface area contributed by atoms with Gasteiger partial charge in [0.25, 0.3) is 0 Å². The van der Waals surface area contributed by atoms with Crippen LogP contribution in [0.25, 0.3) is 0 Å². The van der Waals surface area contributed by atoms with Crippen LogP contribution in [0.15, 0.2) is 30.3 Å². The molecule has 112 valence electrons. The number of aldehydes is 1. The summed E-state index contributed by atoms with van der Waals surface area (Å²) in [6.07, 6.45) is 4.58. The predicted octanol–water partition coefficient (Wildman–Crippen LogP) is 3.39. The second-order valence-electron chi connectivity index (χ2n) is 6.23. The van der Waals surface area contributed by atoms with Crippen molar-refractivity contribution in [2.75, 3.05) is 7.11 Å². The van der Waals surface area contributed by atoms with E-state index in [1.165, 1.54) is 11.1 Å². The molecule has 0 saturated heterocycles. The first-order valence-corrected chi connectivity index (χ1v) is 7.68. The number of aromatic hydroxyl groups is 1. The molecule has 2 aliphatic rings. The molecule has 0 aromatic heterocycles. The summed E-state index contributed by atoms with van der Waals surface area (Å²) in [7, 11) is 1.69. The number of carbonyl (C=O) groups excluding carboxylic acids is 1. The van der Waals surface area contributed by atoms with Crippen molar-refractivity contribution in [1.82, 2.24) is 0 Å². The molecule has 2 aromatic rings. The second kappa shape index (κ2) is 4.60. The Hall–Kier alpha value is -2.29. The monoisotopic (exact) mass is 294 g/mol. The number of aryl methyl sites for hydroxylation is 2. The first-order chi connectivity index (χ1) is 10.7. The summed E-state index contributed by atoms with van der Waals surface area (Å²) in [5.41, 5.74) is 4.77. The summed E-state index contributed by atoms with van der Waals surface area (Å²) in [5, 5.41) is 10.7. The number of fused-ring (bicyclic) bond motifs is 4. The molecule has 0 unspecified atom stereocenters. The Balaban J connectivity index is 2.02. The van der Waals surface area contributed by atoms with E-state index in [9.17, 15) is 9.90 Å². The average molecular weight is 294 g/mol. The Morgan fingerprint density at radius 1 is 1.09 bits per heavy atom. The Kier molecular flexibility index (Phi) is 2.80. The zero-order chi connectivity index (χ0) is 15.3. The van der Waals surface area contributed by atoms with Gasteiger partial charge < -0.3 is 9.84 Å². The first-order valence-electron chi connectivity index (χ1n) is 7.68. The highest BCUT2D eigenvalue weighted by molar-refractivity contribution is 5.82. The zero-order valence-electron chi connectivity index (χ0n) is 12.6. The number of phenols is 1. The van der Waals surface area contributed by atoms with Gasteiger partial charge in [-0.15, -0.1) is 0 Å². The molecule has 1 atom stereocenters. The number of rotatable bonds is 2. The standard InChI is InChI=1S/C19H18O3/c1-22-15-4-2-3-12-7-9-19(16(12)15)10-8-13-5-6-14(11-20)18(21)17(13)19/h2-6,11,21H,7-10H2,1H3/t19-/m1/s1. The quantitative estimate of drug-likeness (QED) is 0.864. The van der Waals surface area contributed by atoms with Crippen LogP contribution < -0.4 is 4.74 Å². The van der Waals surface area contributed by atoms with Crippen molar-refractivity contribution in [3.63, 3.8) is 0 Å². The minimum atomic E-state index is -0.208. The predicted molar refractivity (Wildman–Crippen MR) is 83.9 cm³/mol.